The van der Waals surface area contributed by atoms with E-state index >= 15 is 0 Å². The molecule has 0 spiro atoms. The van der Waals surface area contributed by atoms with E-state index in [0.29, 0.717) is 11.1 Å². The third-order valence-corrected chi connectivity index (χ3v) is 2.04. The monoisotopic (exact) mass is 176 g/mol. The molecule has 4 heteroatoms. The first-order chi connectivity index (χ1) is 6.24. The van der Waals surface area contributed by atoms with Gasteiger partial charge in [0.05, 0.1) is 17.2 Å². The molecule has 1 aromatic carbocycles. The van der Waals surface area contributed by atoms with Crippen LogP contribution < -0.4 is 5.32 Å². The highest BCUT2D eigenvalue weighted by atomic mass is 19.1. The minimum absolute atomic E-state index is 0.0130. The average Bonchev–Trinajstić information content (AvgIpc) is 2.50. The van der Waals surface area contributed by atoms with Gasteiger partial charge in [-0.15, -0.1) is 0 Å². The summed E-state index contributed by atoms with van der Waals surface area (Å²) in [6.07, 6.45) is 0. The van der Waals surface area contributed by atoms with Crippen molar-refractivity contribution < 1.29 is 9.18 Å². The van der Waals surface area contributed by atoms with Crippen molar-refractivity contribution in [3.8, 4) is 6.07 Å². The van der Waals surface area contributed by atoms with Crippen LogP contribution in [0.15, 0.2) is 12.1 Å². The fraction of sp³-hybridized carbons (Fsp3) is 0.111. The second kappa shape index (κ2) is 2.56. The van der Waals surface area contributed by atoms with Gasteiger partial charge in [0, 0.05) is 12.1 Å². The Morgan fingerprint density at radius 2 is 2.31 bits per heavy atom. The smallest absolute Gasteiger partial charge is 0.254 e. The summed E-state index contributed by atoms with van der Waals surface area (Å²) >= 11 is 0. The van der Waals surface area contributed by atoms with Crippen LogP contribution in [0.1, 0.15) is 21.5 Å². The Bertz CT molecular complexity index is 434. The van der Waals surface area contributed by atoms with Gasteiger partial charge in [-0.25, -0.2) is 4.39 Å². The van der Waals surface area contributed by atoms with Gasteiger partial charge in [-0.1, -0.05) is 0 Å². The second-order valence-electron chi connectivity index (χ2n) is 2.74. The van der Waals surface area contributed by atoms with E-state index in [1.54, 1.807) is 0 Å². The summed E-state index contributed by atoms with van der Waals surface area (Å²) in [5.74, 6) is -1.01. The maximum Gasteiger partial charge on any atom is 0.254 e. The van der Waals surface area contributed by atoms with E-state index < -0.39 is 11.7 Å². The van der Waals surface area contributed by atoms with E-state index in [4.69, 9.17) is 5.26 Å². The Balaban J connectivity index is 2.74. The van der Waals surface area contributed by atoms with Crippen molar-refractivity contribution in [3.05, 3.63) is 34.6 Å². The van der Waals surface area contributed by atoms with Crippen molar-refractivity contribution in [2.24, 2.45) is 0 Å². The van der Waals surface area contributed by atoms with Crippen molar-refractivity contribution in [2.75, 3.05) is 0 Å². The molecule has 13 heavy (non-hydrogen) atoms. The van der Waals surface area contributed by atoms with Gasteiger partial charge in [0.15, 0.2) is 0 Å². The number of carbonyl (C=O) groups is 1. The van der Waals surface area contributed by atoms with E-state index in [2.05, 4.69) is 5.32 Å². The number of nitriles is 1. The fourth-order valence-corrected chi connectivity index (χ4v) is 1.41. The number of nitrogens with zero attached hydrogens (tertiary/aromatic N) is 1. The van der Waals surface area contributed by atoms with Crippen molar-refractivity contribution >= 4 is 5.91 Å². The van der Waals surface area contributed by atoms with Crippen LogP contribution in [0.3, 0.4) is 0 Å². The van der Waals surface area contributed by atoms with Gasteiger partial charge in [0.25, 0.3) is 5.91 Å². The van der Waals surface area contributed by atoms with Gasteiger partial charge >= 0.3 is 0 Å². The molecule has 0 aliphatic carbocycles. The number of rotatable bonds is 0. The molecule has 2 rings (SSSR count). The Hall–Kier alpha value is -1.89. The zero-order valence-corrected chi connectivity index (χ0v) is 6.60. The highest BCUT2D eigenvalue weighted by molar-refractivity contribution is 5.99. The Kier molecular flexibility index (Phi) is 1.52. The van der Waals surface area contributed by atoms with Crippen molar-refractivity contribution in [3.63, 3.8) is 0 Å². The van der Waals surface area contributed by atoms with Crippen LogP contribution >= 0.6 is 0 Å². The molecule has 0 saturated carbocycles. The number of amides is 1. The maximum atomic E-state index is 13.1. The molecule has 1 aromatic rings. The Labute approximate surface area is 73.8 Å². The number of nitrogens with one attached hydrogen (secondary N) is 1. The molecular weight excluding hydrogens is 171 g/mol. The molecule has 0 saturated heterocycles. The van der Waals surface area contributed by atoms with Gasteiger partial charge in [-0.05, 0) is 12.1 Å². The fourth-order valence-electron chi connectivity index (χ4n) is 1.41. The highest BCUT2D eigenvalue weighted by Crippen LogP contribution is 2.22. The number of benzene rings is 1. The molecule has 0 unspecified atom stereocenters. The van der Waals surface area contributed by atoms with E-state index in [-0.39, 0.29) is 12.1 Å². The molecule has 0 radical (unpaired) electrons. The molecule has 0 aromatic heterocycles. The Morgan fingerprint density at radius 3 is 3.00 bits per heavy atom. The number of hydrogen-bond donors (Lipinski definition) is 1. The molecule has 3 nitrogen and oxygen atoms in total. The summed E-state index contributed by atoms with van der Waals surface area (Å²) < 4.78 is 13.1. The van der Waals surface area contributed by atoms with E-state index in [1.165, 1.54) is 6.07 Å². The molecule has 64 valence electrons. The predicted molar refractivity (Wildman–Crippen MR) is 42.3 cm³/mol. The van der Waals surface area contributed by atoms with Crippen molar-refractivity contribution in [2.45, 2.75) is 6.54 Å². The highest BCUT2D eigenvalue weighted by Gasteiger charge is 2.25. The van der Waals surface area contributed by atoms with E-state index in [0.717, 1.165) is 6.07 Å². The lowest BCUT2D eigenvalue weighted by Crippen LogP contribution is -2.13. The minimum atomic E-state index is -0.566. The quantitative estimate of drug-likeness (QED) is 0.639. The predicted octanol–water partition coefficient (Wildman–Crippen LogP) is 0.941. The first-order valence-electron chi connectivity index (χ1n) is 3.73. The topological polar surface area (TPSA) is 52.9 Å². The van der Waals surface area contributed by atoms with Crippen LogP contribution in [0, 0.1) is 17.1 Å². The third-order valence-electron chi connectivity index (χ3n) is 2.04. The summed E-state index contributed by atoms with van der Waals surface area (Å²) in [6, 6.07) is 4.44. The van der Waals surface area contributed by atoms with Crippen LogP contribution in [0.5, 0.6) is 0 Å². The lowest BCUT2D eigenvalue weighted by molar-refractivity contribution is 0.0962. The number of carbonyl (C=O) groups excluding carboxylic acids is 1. The molecule has 0 fully saturated rings. The molecule has 1 aliphatic heterocycles. The molecule has 0 atom stereocenters. The lowest BCUT2D eigenvalue weighted by atomic mass is 10.0. The largest absolute Gasteiger partial charge is 0.348 e. The summed E-state index contributed by atoms with van der Waals surface area (Å²) in [7, 11) is 0. The number of fused-ring (bicyclic) bond motifs is 1. The summed E-state index contributed by atoms with van der Waals surface area (Å²) in [4.78, 5) is 11.1. The van der Waals surface area contributed by atoms with Crippen molar-refractivity contribution in [1.82, 2.24) is 5.32 Å². The number of hydrogen-bond acceptors (Lipinski definition) is 2. The molecule has 0 bridgehead atoms. The molecule has 1 aliphatic rings. The van der Waals surface area contributed by atoms with Crippen LogP contribution in [-0.2, 0) is 6.54 Å². The summed E-state index contributed by atoms with van der Waals surface area (Å²) in [6.45, 7) is 0.245. The minimum Gasteiger partial charge on any atom is -0.348 e. The summed E-state index contributed by atoms with van der Waals surface area (Å²) in [5, 5.41) is 11.1. The van der Waals surface area contributed by atoms with E-state index in [9.17, 15) is 9.18 Å². The molecule has 1 amide bonds. The number of halogens is 1. The second-order valence-corrected chi connectivity index (χ2v) is 2.74. The maximum absolute atomic E-state index is 13.1. The Morgan fingerprint density at radius 1 is 1.54 bits per heavy atom. The van der Waals surface area contributed by atoms with Gasteiger partial charge in [0.1, 0.15) is 5.82 Å². The van der Waals surface area contributed by atoms with E-state index in [1.807, 2.05) is 6.07 Å². The standard InChI is InChI=1S/C9H5FN2O/c10-7-2-1-5(3-11)6-4-12-9(13)8(6)7/h1-2H,4H2,(H,12,13). The molecule has 1 N–H and O–H groups in total. The normalized spacial score (nSPS) is 13.4. The molecular formula is C9H5FN2O. The van der Waals surface area contributed by atoms with Gasteiger partial charge in [0.2, 0.25) is 0 Å². The van der Waals surface area contributed by atoms with Gasteiger partial charge in [-0.2, -0.15) is 5.26 Å². The van der Waals surface area contributed by atoms with Crippen LogP contribution in [0.2, 0.25) is 0 Å². The zero-order valence-electron chi connectivity index (χ0n) is 6.60. The third kappa shape index (κ3) is 0.975. The average molecular weight is 176 g/mol. The first-order valence-corrected chi connectivity index (χ1v) is 3.73. The van der Waals surface area contributed by atoms with Crippen LogP contribution in [0.4, 0.5) is 4.39 Å². The zero-order chi connectivity index (χ0) is 9.42. The first kappa shape index (κ1) is 7.74. The van der Waals surface area contributed by atoms with Crippen LogP contribution in [0.25, 0.3) is 0 Å². The van der Waals surface area contributed by atoms with Crippen molar-refractivity contribution in [1.29, 1.82) is 5.26 Å². The van der Waals surface area contributed by atoms with Gasteiger partial charge < -0.3 is 5.32 Å². The van der Waals surface area contributed by atoms with Gasteiger partial charge in [-0.3, -0.25) is 4.79 Å². The van der Waals surface area contributed by atoms with Crippen LogP contribution in [-0.4, -0.2) is 5.91 Å². The lowest BCUT2D eigenvalue weighted by Gasteiger charge is -1.98. The SMILES string of the molecule is N#Cc1ccc(F)c2c1CNC2=O. The molecule has 1 heterocycles. The summed E-state index contributed by atoms with van der Waals surface area (Å²) in [5.41, 5.74) is 0.835.